The maximum atomic E-state index is 13.8. The summed E-state index contributed by atoms with van der Waals surface area (Å²) >= 11 is 1.68. The molecule has 2 heterocycles. The highest BCUT2D eigenvalue weighted by Crippen LogP contribution is 2.36. The van der Waals surface area contributed by atoms with E-state index in [1.807, 2.05) is 30.5 Å². The van der Waals surface area contributed by atoms with E-state index in [0.717, 1.165) is 38.6 Å². The molecule has 29 heavy (non-hydrogen) atoms. The maximum absolute atomic E-state index is 13.8. The molecule has 2 aromatic carbocycles. The lowest BCUT2D eigenvalue weighted by molar-refractivity contribution is 0.101. The Bertz CT molecular complexity index is 1150. The first-order valence-corrected chi connectivity index (χ1v) is 9.71. The second-order valence-electron chi connectivity index (χ2n) is 6.45. The van der Waals surface area contributed by atoms with Crippen molar-refractivity contribution in [2.24, 2.45) is 0 Å². The Morgan fingerprint density at radius 3 is 2.34 bits per heavy atom. The number of anilines is 1. The lowest BCUT2D eigenvalue weighted by atomic mass is 10.0. The third kappa shape index (κ3) is 3.93. The lowest BCUT2D eigenvalue weighted by Gasteiger charge is -2.08. The van der Waals surface area contributed by atoms with Crippen LogP contribution in [0.4, 0.5) is 14.5 Å². The van der Waals surface area contributed by atoms with Crippen LogP contribution in [0.25, 0.3) is 21.6 Å². The molecule has 6 heteroatoms. The zero-order chi connectivity index (χ0) is 20.4. The zero-order valence-corrected chi connectivity index (χ0v) is 16.3. The van der Waals surface area contributed by atoms with Crippen LogP contribution in [0.5, 0.6) is 0 Å². The lowest BCUT2D eigenvalue weighted by Crippen LogP contribution is -2.15. The van der Waals surface area contributed by atoms with Gasteiger partial charge in [0, 0.05) is 33.4 Å². The zero-order valence-electron chi connectivity index (χ0n) is 15.4. The smallest absolute Gasteiger partial charge is 0.261 e. The normalized spacial score (nSPS) is 10.7. The average molecular weight is 406 g/mol. The number of thiophene rings is 1. The summed E-state index contributed by atoms with van der Waals surface area (Å²) < 4.78 is 27.5. The molecule has 0 fully saturated rings. The molecule has 0 atom stereocenters. The fraction of sp³-hybridized carbons (Fsp3) is 0.0435. The number of aromatic nitrogens is 1. The Balaban J connectivity index is 1.56. The number of rotatable bonds is 4. The number of halogens is 2. The Hall–Kier alpha value is -3.38. The predicted molar refractivity (Wildman–Crippen MR) is 112 cm³/mol. The van der Waals surface area contributed by atoms with Crippen molar-refractivity contribution in [3.05, 3.63) is 95.1 Å². The summed E-state index contributed by atoms with van der Waals surface area (Å²) in [4.78, 5) is 18.7. The second-order valence-corrected chi connectivity index (χ2v) is 7.71. The van der Waals surface area contributed by atoms with Gasteiger partial charge in [-0.2, -0.15) is 0 Å². The number of nitrogens with zero attached hydrogens (tertiary/aromatic N) is 1. The van der Waals surface area contributed by atoms with Crippen molar-refractivity contribution in [3.8, 4) is 21.6 Å². The van der Waals surface area contributed by atoms with Crippen LogP contribution in [0, 0.1) is 18.6 Å². The van der Waals surface area contributed by atoms with Gasteiger partial charge in [0.15, 0.2) is 0 Å². The topological polar surface area (TPSA) is 42.0 Å². The number of carbonyl (C=O) groups excluding carboxylic acids is 1. The maximum Gasteiger partial charge on any atom is 0.261 e. The first-order valence-electron chi connectivity index (χ1n) is 8.89. The minimum absolute atomic E-state index is 0.460. The number of benzene rings is 2. The molecular weight excluding hydrogens is 390 g/mol. The number of pyridine rings is 1. The largest absolute Gasteiger partial charge is 0.322 e. The summed E-state index contributed by atoms with van der Waals surface area (Å²) in [5.41, 5.74) is 3.01. The van der Waals surface area contributed by atoms with Crippen LogP contribution in [-0.2, 0) is 0 Å². The third-order valence-electron chi connectivity index (χ3n) is 4.51. The van der Waals surface area contributed by atoms with Gasteiger partial charge in [0.25, 0.3) is 5.91 Å². The Kier molecular flexibility index (Phi) is 5.18. The van der Waals surface area contributed by atoms with Gasteiger partial charge in [-0.05, 0) is 54.4 Å². The fourth-order valence-corrected chi connectivity index (χ4v) is 4.09. The molecule has 0 bridgehead atoms. The molecule has 1 N–H and O–H groups in total. The van der Waals surface area contributed by atoms with Gasteiger partial charge in [0.2, 0.25) is 0 Å². The summed E-state index contributed by atoms with van der Waals surface area (Å²) in [6, 6.07) is 16.5. The third-order valence-corrected chi connectivity index (χ3v) is 5.61. The molecule has 144 valence electrons. The van der Waals surface area contributed by atoms with Crippen LogP contribution in [-0.4, -0.2) is 10.9 Å². The van der Waals surface area contributed by atoms with E-state index in [2.05, 4.69) is 23.3 Å². The molecular formula is C23H16F2N2OS. The number of hydrogen-bond donors (Lipinski definition) is 1. The van der Waals surface area contributed by atoms with E-state index in [1.165, 1.54) is 6.07 Å². The van der Waals surface area contributed by atoms with E-state index in [-0.39, 0.29) is 0 Å². The molecule has 0 unspecified atom stereocenters. The highest BCUT2D eigenvalue weighted by molar-refractivity contribution is 7.16. The molecule has 0 saturated heterocycles. The van der Waals surface area contributed by atoms with E-state index >= 15 is 0 Å². The molecule has 0 aliphatic carbocycles. The number of amides is 1. The first kappa shape index (κ1) is 19.0. The summed E-state index contributed by atoms with van der Waals surface area (Å²) in [5.74, 6) is -2.61. The van der Waals surface area contributed by atoms with E-state index in [9.17, 15) is 13.6 Å². The average Bonchev–Trinajstić information content (AvgIpc) is 3.11. The standard InChI is InChI=1S/C23H16F2N2OS/c1-14-18(12-21(29-14)16-4-3-11-26-13-16)15-7-9-17(10-8-15)27-23(28)22-19(24)5-2-6-20(22)25/h2-13H,1H3,(H,27,28). The van der Waals surface area contributed by atoms with Crippen LogP contribution in [0.15, 0.2) is 73.1 Å². The number of carbonyl (C=O) groups is 1. The molecule has 0 radical (unpaired) electrons. The Morgan fingerprint density at radius 1 is 0.966 bits per heavy atom. The van der Waals surface area contributed by atoms with Gasteiger partial charge in [0.05, 0.1) is 0 Å². The molecule has 0 aliphatic rings. The van der Waals surface area contributed by atoms with Gasteiger partial charge >= 0.3 is 0 Å². The predicted octanol–water partition coefficient (Wildman–Crippen LogP) is 6.32. The monoisotopic (exact) mass is 406 g/mol. The Labute approximate surface area is 170 Å². The SMILES string of the molecule is Cc1sc(-c2cccnc2)cc1-c1ccc(NC(=O)c2c(F)cccc2F)cc1. The van der Waals surface area contributed by atoms with Gasteiger partial charge < -0.3 is 5.32 Å². The molecule has 0 spiro atoms. The van der Waals surface area contributed by atoms with Crippen molar-refractivity contribution in [2.45, 2.75) is 6.92 Å². The highest BCUT2D eigenvalue weighted by atomic mass is 32.1. The first-order chi connectivity index (χ1) is 14.0. The van der Waals surface area contributed by atoms with Crippen molar-refractivity contribution in [1.29, 1.82) is 0 Å². The van der Waals surface area contributed by atoms with E-state index in [0.29, 0.717) is 5.69 Å². The second kappa shape index (κ2) is 7.93. The molecule has 0 saturated carbocycles. The van der Waals surface area contributed by atoms with Gasteiger partial charge in [-0.3, -0.25) is 9.78 Å². The summed E-state index contributed by atoms with van der Waals surface area (Å²) in [6.45, 7) is 2.05. The summed E-state index contributed by atoms with van der Waals surface area (Å²) in [7, 11) is 0. The highest BCUT2D eigenvalue weighted by Gasteiger charge is 2.17. The van der Waals surface area contributed by atoms with E-state index in [4.69, 9.17) is 0 Å². The van der Waals surface area contributed by atoms with Crippen LogP contribution < -0.4 is 5.32 Å². The summed E-state index contributed by atoms with van der Waals surface area (Å²) in [5, 5.41) is 2.54. The quantitative estimate of drug-likeness (QED) is 0.431. The molecule has 3 nitrogen and oxygen atoms in total. The van der Waals surface area contributed by atoms with Gasteiger partial charge in [0.1, 0.15) is 17.2 Å². The molecule has 2 aromatic heterocycles. The van der Waals surface area contributed by atoms with Crippen LogP contribution >= 0.6 is 11.3 Å². The van der Waals surface area contributed by atoms with Gasteiger partial charge in [-0.1, -0.05) is 24.3 Å². The number of aryl methyl sites for hydroxylation is 1. The number of hydrogen-bond acceptors (Lipinski definition) is 3. The fourth-order valence-electron chi connectivity index (χ4n) is 3.06. The van der Waals surface area contributed by atoms with Crippen molar-refractivity contribution < 1.29 is 13.6 Å². The van der Waals surface area contributed by atoms with E-state index < -0.39 is 23.1 Å². The van der Waals surface area contributed by atoms with Crippen LogP contribution in [0.1, 0.15) is 15.2 Å². The van der Waals surface area contributed by atoms with Crippen LogP contribution in [0.2, 0.25) is 0 Å². The van der Waals surface area contributed by atoms with E-state index in [1.54, 1.807) is 29.7 Å². The molecule has 4 rings (SSSR count). The van der Waals surface area contributed by atoms with Gasteiger partial charge in [-0.15, -0.1) is 11.3 Å². The minimum Gasteiger partial charge on any atom is -0.322 e. The van der Waals surface area contributed by atoms with Crippen molar-refractivity contribution in [2.75, 3.05) is 5.32 Å². The minimum atomic E-state index is -0.893. The van der Waals surface area contributed by atoms with Crippen LogP contribution in [0.3, 0.4) is 0 Å². The molecule has 1 amide bonds. The molecule has 0 aliphatic heterocycles. The molecule has 4 aromatic rings. The van der Waals surface area contributed by atoms with Crippen molar-refractivity contribution in [3.63, 3.8) is 0 Å². The van der Waals surface area contributed by atoms with Crippen molar-refractivity contribution in [1.82, 2.24) is 4.98 Å². The number of nitrogens with one attached hydrogen (secondary N) is 1. The summed E-state index contributed by atoms with van der Waals surface area (Å²) in [6.07, 6.45) is 3.57. The van der Waals surface area contributed by atoms with Gasteiger partial charge in [-0.25, -0.2) is 8.78 Å². The van der Waals surface area contributed by atoms with Crippen molar-refractivity contribution >= 4 is 22.9 Å². The Morgan fingerprint density at radius 2 is 1.69 bits per heavy atom.